The van der Waals surface area contributed by atoms with Gasteiger partial charge in [-0.1, -0.05) is 38.5 Å². The number of hydrogen-bond donors (Lipinski definition) is 1. The zero-order valence-electron chi connectivity index (χ0n) is 19.7. The molecule has 2 saturated heterocycles. The molecule has 2 fully saturated rings. The molecule has 0 radical (unpaired) electrons. The lowest BCUT2D eigenvalue weighted by Crippen LogP contribution is -2.59. The van der Waals surface area contributed by atoms with Crippen molar-refractivity contribution in [3.63, 3.8) is 0 Å². The van der Waals surface area contributed by atoms with Gasteiger partial charge in [-0.25, -0.2) is 4.39 Å². The second-order valence-electron chi connectivity index (χ2n) is 9.46. The molecule has 0 aliphatic carbocycles. The van der Waals surface area contributed by atoms with E-state index in [1.807, 2.05) is 13.8 Å². The smallest absolute Gasteiger partial charge is 0.338 e. The molecule has 1 spiro atoms. The van der Waals surface area contributed by atoms with Gasteiger partial charge in [0.1, 0.15) is 5.82 Å². The molecule has 2 aliphatic rings. The first kappa shape index (κ1) is 25.2. The highest BCUT2D eigenvalue weighted by molar-refractivity contribution is 5.94. The number of piperidine rings is 1. The van der Waals surface area contributed by atoms with Gasteiger partial charge < -0.3 is 9.80 Å². The average molecular weight is 492 g/mol. The van der Waals surface area contributed by atoms with Gasteiger partial charge in [-0.15, -0.1) is 0 Å². The first-order chi connectivity index (χ1) is 16.5. The molecule has 2 atom stereocenters. The molecule has 2 aliphatic heterocycles. The average Bonchev–Trinajstić information content (AvgIpc) is 3.09. The maximum absolute atomic E-state index is 13.6. The number of amides is 2. The van der Waals surface area contributed by atoms with Crippen LogP contribution in [0.5, 0.6) is 0 Å². The SMILES string of the molecule is CCC(C)C1NC2(CCN(C(=O)c3cccc(F)c3)CC2)N(Cc2cccc(C(F)(F)F)c2)C1=O. The lowest BCUT2D eigenvalue weighted by atomic mass is 9.94. The van der Waals surface area contributed by atoms with Crippen molar-refractivity contribution < 1.29 is 27.2 Å². The minimum Gasteiger partial charge on any atom is -0.338 e. The van der Waals surface area contributed by atoms with Crippen LogP contribution >= 0.6 is 0 Å². The zero-order chi connectivity index (χ0) is 25.4. The number of nitrogens with zero attached hydrogens (tertiary/aromatic N) is 2. The highest BCUT2D eigenvalue weighted by Gasteiger charge is 2.52. The molecule has 5 nitrogen and oxygen atoms in total. The van der Waals surface area contributed by atoms with Crippen molar-refractivity contribution in [1.82, 2.24) is 15.1 Å². The second kappa shape index (κ2) is 9.60. The van der Waals surface area contributed by atoms with E-state index in [2.05, 4.69) is 5.32 Å². The first-order valence-electron chi connectivity index (χ1n) is 11.8. The van der Waals surface area contributed by atoms with Crippen LogP contribution in [-0.2, 0) is 17.5 Å². The predicted molar refractivity (Wildman–Crippen MR) is 123 cm³/mol. The molecular formula is C26H29F4N3O2. The summed E-state index contributed by atoms with van der Waals surface area (Å²) in [6.07, 6.45) is -2.86. The molecule has 4 rings (SSSR count). The molecule has 2 amide bonds. The van der Waals surface area contributed by atoms with E-state index in [0.29, 0.717) is 31.5 Å². The summed E-state index contributed by atoms with van der Waals surface area (Å²) < 4.78 is 53.3. The largest absolute Gasteiger partial charge is 0.416 e. The minimum atomic E-state index is -4.47. The molecule has 35 heavy (non-hydrogen) atoms. The quantitative estimate of drug-likeness (QED) is 0.610. The summed E-state index contributed by atoms with van der Waals surface area (Å²) in [5.41, 5.74) is -0.859. The fourth-order valence-corrected chi connectivity index (χ4v) is 4.99. The third kappa shape index (κ3) is 5.05. The highest BCUT2D eigenvalue weighted by Crippen LogP contribution is 2.37. The molecule has 188 valence electrons. The number of carbonyl (C=O) groups excluding carboxylic acids is 2. The van der Waals surface area contributed by atoms with Crippen molar-refractivity contribution in [3.05, 3.63) is 71.0 Å². The van der Waals surface area contributed by atoms with E-state index in [1.54, 1.807) is 21.9 Å². The Morgan fingerprint density at radius 3 is 2.46 bits per heavy atom. The summed E-state index contributed by atoms with van der Waals surface area (Å²) in [5.74, 6) is -0.873. The molecule has 1 N–H and O–H groups in total. The fourth-order valence-electron chi connectivity index (χ4n) is 4.99. The van der Waals surface area contributed by atoms with Gasteiger partial charge in [0.2, 0.25) is 5.91 Å². The Balaban J connectivity index is 1.57. The van der Waals surface area contributed by atoms with E-state index < -0.39 is 29.3 Å². The topological polar surface area (TPSA) is 52.7 Å². The Labute approximate surface area is 202 Å². The summed E-state index contributed by atoms with van der Waals surface area (Å²) in [6.45, 7) is 4.67. The summed E-state index contributed by atoms with van der Waals surface area (Å²) in [4.78, 5) is 29.6. The van der Waals surface area contributed by atoms with E-state index in [1.165, 1.54) is 24.3 Å². The van der Waals surface area contributed by atoms with Gasteiger partial charge in [-0.2, -0.15) is 13.2 Å². The maximum Gasteiger partial charge on any atom is 0.416 e. The molecular weight excluding hydrogens is 462 g/mol. The number of rotatable bonds is 5. The maximum atomic E-state index is 13.6. The molecule has 0 saturated carbocycles. The van der Waals surface area contributed by atoms with Gasteiger partial charge in [0.15, 0.2) is 0 Å². The molecule has 0 bridgehead atoms. The van der Waals surface area contributed by atoms with Gasteiger partial charge in [0, 0.05) is 38.0 Å². The number of carbonyl (C=O) groups is 2. The van der Waals surface area contributed by atoms with Crippen LogP contribution < -0.4 is 5.32 Å². The van der Waals surface area contributed by atoms with E-state index >= 15 is 0 Å². The third-order valence-corrected chi connectivity index (χ3v) is 7.23. The zero-order valence-corrected chi connectivity index (χ0v) is 19.7. The predicted octanol–water partition coefficient (Wildman–Crippen LogP) is 4.82. The Bertz CT molecular complexity index is 1100. The number of likely N-dealkylation sites (tertiary alicyclic amines) is 1. The standard InChI is InChI=1S/C26H29F4N3O2/c1-3-17(2)22-24(35)33(16-18-6-4-8-20(14-18)26(28,29)30)25(31-22)10-12-32(13-11-25)23(34)19-7-5-9-21(27)15-19/h4-9,14-15,17,22,31H,3,10-13,16H2,1-2H3. The van der Waals surface area contributed by atoms with Crippen LogP contribution in [-0.4, -0.2) is 46.4 Å². The van der Waals surface area contributed by atoms with E-state index in [-0.39, 0.29) is 29.8 Å². The summed E-state index contributed by atoms with van der Waals surface area (Å²) >= 11 is 0. The first-order valence-corrected chi connectivity index (χ1v) is 11.8. The number of benzene rings is 2. The van der Waals surface area contributed by atoms with Crippen LogP contribution in [0.3, 0.4) is 0 Å². The lowest BCUT2D eigenvalue weighted by Gasteiger charge is -2.45. The molecule has 2 unspecified atom stereocenters. The van der Waals surface area contributed by atoms with Gasteiger partial charge >= 0.3 is 6.18 Å². The van der Waals surface area contributed by atoms with Gasteiger partial charge in [0.25, 0.3) is 5.91 Å². The molecule has 2 heterocycles. The summed E-state index contributed by atoms with van der Waals surface area (Å²) in [5, 5.41) is 3.49. The summed E-state index contributed by atoms with van der Waals surface area (Å²) in [6, 6.07) is 10.1. The Kier molecular flexibility index (Phi) is 6.90. The van der Waals surface area contributed by atoms with Crippen molar-refractivity contribution >= 4 is 11.8 Å². The van der Waals surface area contributed by atoms with Crippen LogP contribution in [0.1, 0.15) is 54.6 Å². The van der Waals surface area contributed by atoms with Crippen molar-refractivity contribution in [1.29, 1.82) is 0 Å². The molecule has 2 aromatic carbocycles. The third-order valence-electron chi connectivity index (χ3n) is 7.23. The normalized spacial score (nSPS) is 21.0. The number of halogens is 4. The Morgan fingerprint density at radius 2 is 1.83 bits per heavy atom. The minimum absolute atomic E-state index is 0.0397. The van der Waals surface area contributed by atoms with Gasteiger partial charge in [-0.3, -0.25) is 14.9 Å². The fraction of sp³-hybridized carbons (Fsp3) is 0.462. The van der Waals surface area contributed by atoms with Crippen LogP contribution in [0.4, 0.5) is 17.6 Å². The van der Waals surface area contributed by atoms with Crippen molar-refractivity contribution in [2.75, 3.05) is 13.1 Å². The monoisotopic (exact) mass is 491 g/mol. The molecule has 0 aromatic heterocycles. The van der Waals surface area contributed by atoms with Gasteiger partial charge in [0.05, 0.1) is 17.3 Å². The Morgan fingerprint density at radius 1 is 1.14 bits per heavy atom. The molecule has 2 aromatic rings. The Hall–Kier alpha value is -2.94. The lowest BCUT2D eigenvalue weighted by molar-refractivity contribution is -0.137. The summed E-state index contributed by atoms with van der Waals surface area (Å²) in [7, 11) is 0. The number of alkyl halides is 3. The second-order valence-corrected chi connectivity index (χ2v) is 9.46. The highest BCUT2D eigenvalue weighted by atomic mass is 19.4. The number of hydrogen-bond acceptors (Lipinski definition) is 3. The van der Waals surface area contributed by atoms with E-state index in [0.717, 1.165) is 18.6 Å². The van der Waals surface area contributed by atoms with E-state index in [9.17, 15) is 27.2 Å². The van der Waals surface area contributed by atoms with Crippen molar-refractivity contribution in [3.8, 4) is 0 Å². The van der Waals surface area contributed by atoms with Crippen molar-refractivity contribution in [2.45, 2.75) is 57.5 Å². The van der Waals surface area contributed by atoms with Crippen LogP contribution in [0.15, 0.2) is 48.5 Å². The van der Waals surface area contributed by atoms with Crippen LogP contribution in [0.25, 0.3) is 0 Å². The van der Waals surface area contributed by atoms with Crippen LogP contribution in [0, 0.1) is 11.7 Å². The van der Waals surface area contributed by atoms with Crippen molar-refractivity contribution in [2.24, 2.45) is 5.92 Å². The van der Waals surface area contributed by atoms with Gasteiger partial charge in [-0.05, 0) is 41.8 Å². The van der Waals surface area contributed by atoms with Crippen LogP contribution in [0.2, 0.25) is 0 Å². The number of nitrogens with one attached hydrogen (secondary N) is 1. The molecule has 9 heteroatoms. The van der Waals surface area contributed by atoms with E-state index in [4.69, 9.17) is 0 Å².